The van der Waals surface area contributed by atoms with E-state index in [-0.39, 0.29) is 6.42 Å². The van der Waals surface area contributed by atoms with Gasteiger partial charge in [0.25, 0.3) is 0 Å². The number of aliphatic carboxylic acids is 1. The van der Waals surface area contributed by atoms with Gasteiger partial charge in [0, 0.05) is 24.9 Å². The highest BCUT2D eigenvalue weighted by Crippen LogP contribution is 2.22. The molecule has 0 amide bonds. The molecule has 0 radical (unpaired) electrons. The van der Waals surface area contributed by atoms with Crippen LogP contribution in [0.2, 0.25) is 0 Å². The van der Waals surface area contributed by atoms with Crippen molar-refractivity contribution < 1.29 is 9.90 Å². The highest BCUT2D eigenvalue weighted by atomic mass is 16.4. The minimum absolute atomic E-state index is 0.0931. The van der Waals surface area contributed by atoms with Crippen molar-refractivity contribution in [2.75, 3.05) is 5.32 Å². The number of carbonyl (C=O) groups is 1. The fourth-order valence-electron chi connectivity index (χ4n) is 3.14. The van der Waals surface area contributed by atoms with Crippen molar-refractivity contribution in [3.8, 4) is 0 Å². The number of benzene rings is 1. The van der Waals surface area contributed by atoms with Gasteiger partial charge in [-0.25, -0.2) is 4.98 Å². The molecule has 2 aromatic heterocycles. The third kappa shape index (κ3) is 3.50. The first-order valence-electron chi connectivity index (χ1n) is 8.44. The van der Waals surface area contributed by atoms with Gasteiger partial charge in [-0.2, -0.15) is 0 Å². The molecule has 0 spiro atoms. The van der Waals surface area contributed by atoms with Crippen molar-refractivity contribution in [2.24, 2.45) is 0 Å². The van der Waals surface area contributed by atoms with Gasteiger partial charge >= 0.3 is 5.97 Å². The molecule has 3 rings (SSSR count). The number of rotatable bonds is 6. The van der Waals surface area contributed by atoms with E-state index in [1.165, 1.54) is 16.7 Å². The summed E-state index contributed by atoms with van der Waals surface area (Å²) in [5.41, 5.74) is 7.44. The third-order valence-corrected chi connectivity index (χ3v) is 4.66. The maximum Gasteiger partial charge on any atom is 0.303 e. The molecule has 3 aromatic rings. The van der Waals surface area contributed by atoms with Crippen LogP contribution in [0, 0.1) is 20.8 Å². The minimum Gasteiger partial charge on any atom is -0.481 e. The molecule has 2 heterocycles. The maximum absolute atomic E-state index is 10.8. The molecular formula is C20H23N3O2. The topological polar surface area (TPSA) is 66.6 Å². The molecule has 1 aromatic carbocycles. The van der Waals surface area contributed by atoms with Gasteiger partial charge in [0.2, 0.25) is 0 Å². The normalized spacial score (nSPS) is 11.0. The molecular weight excluding hydrogens is 314 g/mol. The molecule has 0 aliphatic carbocycles. The SMILES string of the molecule is Cc1cccc(C)c1CNc1cccn2c(C)c(CCC(=O)O)nc12. The van der Waals surface area contributed by atoms with E-state index < -0.39 is 5.97 Å². The second-order valence-corrected chi connectivity index (χ2v) is 6.38. The summed E-state index contributed by atoms with van der Waals surface area (Å²) in [6, 6.07) is 10.3. The Morgan fingerprint density at radius 3 is 2.56 bits per heavy atom. The van der Waals surface area contributed by atoms with Crippen LogP contribution in [-0.4, -0.2) is 20.5 Å². The number of aryl methyl sites for hydroxylation is 4. The van der Waals surface area contributed by atoms with Crippen LogP contribution >= 0.6 is 0 Å². The van der Waals surface area contributed by atoms with Crippen LogP contribution < -0.4 is 5.32 Å². The number of pyridine rings is 1. The molecule has 0 unspecified atom stereocenters. The Morgan fingerprint density at radius 1 is 1.16 bits per heavy atom. The van der Waals surface area contributed by atoms with Crippen LogP contribution in [0.15, 0.2) is 36.5 Å². The average molecular weight is 337 g/mol. The number of carboxylic acids is 1. The van der Waals surface area contributed by atoms with E-state index >= 15 is 0 Å². The van der Waals surface area contributed by atoms with Crippen LogP contribution in [0.3, 0.4) is 0 Å². The number of imidazole rings is 1. The number of hydrogen-bond donors (Lipinski definition) is 2. The van der Waals surface area contributed by atoms with Gasteiger partial charge in [-0.3, -0.25) is 4.79 Å². The molecule has 0 bridgehead atoms. The van der Waals surface area contributed by atoms with Crippen molar-refractivity contribution in [1.29, 1.82) is 0 Å². The van der Waals surface area contributed by atoms with Crippen LogP contribution in [0.25, 0.3) is 5.65 Å². The van der Waals surface area contributed by atoms with Gasteiger partial charge in [0.15, 0.2) is 5.65 Å². The summed E-state index contributed by atoms with van der Waals surface area (Å²) < 4.78 is 2.02. The lowest BCUT2D eigenvalue weighted by Crippen LogP contribution is -2.05. The number of anilines is 1. The predicted octanol–water partition coefficient (Wildman–Crippen LogP) is 3.89. The second-order valence-electron chi connectivity index (χ2n) is 6.38. The Morgan fingerprint density at radius 2 is 1.88 bits per heavy atom. The molecule has 2 N–H and O–H groups in total. The zero-order valence-corrected chi connectivity index (χ0v) is 14.8. The second kappa shape index (κ2) is 6.97. The van der Waals surface area contributed by atoms with Crippen molar-refractivity contribution >= 4 is 17.3 Å². The molecule has 5 nitrogen and oxygen atoms in total. The van der Waals surface area contributed by atoms with Crippen LogP contribution in [-0.2, 0) is 17.8 Å². The highest BCUT2D eigenvalue weighted by Gasteiger charge is 2.13. The molecule has 0 atom stereocenters. The molecule has 0 aliphatic heterocycles. The van der Waals surface area contributed by atoms with Crippen LogP contribution in [0.1, 0.15) is 34.5 Å². The van der Waals surface area contributed by atoms with E-state index in [0.717, 1.165) is 29.3 Å². The molecule has 5 heteroatoms. The Balaban J connectivity index is 1.89. The first kappa shape index (κ1) is 17.0. The van der Waals surface area contributed by atoms with Crippen molar-refractivity contribution in [2.45, 2.75) is 40.2 Å². The number of hydrogen-bond acceptors (Lipinski definition) is 3. The first-order valence-corrected chi connectivity index (χ1v) is 8.44. The van der Waals surface area contributed by atoms with E-state index in [2.05, 4.69) is 42.3 Å². The average Bonchev–Trinajstić information content (AvgIpc) is 2.90. The van der Waals surface area contributed by atoms with E-state index in [4.69, 9.17) is 5.11 Å². The zero-order chi connectivity index (χ0) is 18.0. The first-order chi connectivity index (χ1) is 12.0. The van der Waals surface area contributed by atoms with Gasteiger partial charge < -0.3 is 14.8 Å². The number of aromatic nitrogens is 2. The van der Waals surface area contributed by atoms with Gasteiger partial charge in [0.05, 0.1) is 17.8 Å². The van der Waals surface area contributed by atoms with E-state index in [1.54, 1.807) is 0 Å². The Kier molecular flexibility index (Phi) is 4.74. The molecule has 0 fully saturated rings. The summed E-state index contributed by atoms with van der Waals surface area (Å²) in [5.74, 6) is -0.801. The standard InChI is InChI=1S/C20H23N3O2/c1-13-6-4-7-14(2)16(13)12-21-18-8-5-11-23-15(3)17(22-20(18)23)9-10-19(24)25/h4-8,11,21H,9-10,12H2,1-3H3,(H,24,25). The van der Waals surface area contributed by atoms with Crippen molar-refractivity contribution in [3.63, 3.8) is 0 Å². The molecule has 0 aliphatic rings. The highest BCUT2D eigenvalue weighted by molar-refractivity contribution is 5.70. The lowest BCUT2D eigenvalue weighted by atomic mass is 10.0. The van der Waals surface area contributed by atoms with E-state index in [0.29, 0.717) is 6.42 Å². The number of carboxylic acid groups (broad SMARTS) is 1. The third-order valence-electron chi connectivity index (χ3n) is 4.66. The van der Waals surface area contributed by atoms with Gasteiger partial charge in [-0.15, -0.1) is 0 Å². The molecule has 0 saturated carbocycles. The summed E-state index contributed by atoms with van der Waals surface area (Å²) in [6.45, 7) is 6.95. The maximum atomic E-state index is 10.8. The summed E-state index contributed by atoms with van der Waals surface area (Å²) in [4.78, 5) is 15.5. The zero-order valence-electron chi connectivity index (χ0n) is 14.8. The largest absolute Gasteiger partial charge is 0.481 e. The number of fused-ring (bicyclic) bond motifs is 1. The Bertz CT molecular complexity index is 908. The smallest absolute Gasteiger partial charge is 0.303 e. The molecule has 130 valence electrons. The van der Waals surface area contributed by atoms with E-state index in [9.17, 15) is 4.79 Å². The minimum atomic E-state index is -0.801. The lowest BCUT2D eigenvalue weighted by molar-refractivity contribution is -0.136. The van der Waals surface area contributed by atoms with Gasteiger partial charge in [0.1, 0.15) is 0 Å². The Hall–Kier alpha value is -2.82. The van der Waals surface area contributed by atoms with Gasteiger partial charge in [-0.1, -0.05) is 18.2 Å². The lowest BCUT2D eigenvalue weighted by Gasteiger charge is -2.12. The van der Waals surface area contributed by atoms with E-state index in [1.807, 2.05) is 29.7 Å². The predicted molar refractivity (Wildman–Crippen MR) is 99.1 cm³/mol. The fourth-order valence-corrected chi connectivity index (χ4v) is 3.14. The van der Waals surface area contributed by atoms with Crippen LogP contribution in [0.4, 0.5) is 5.69 Å². The number of nitrogens with zero attached hydrogens (tertiary/aromatic N) is 2. The van der Waals surface area contributed by atoms with Crippen LogP contribution in [0.5, 0.6) is 0 Å². The Labute approximate surface area is 147 Å². The monoisotopic (exact) mass is 337 g/mol. The summed E-state index contributed by atoms with van der Waals surface area (Å²) >= 11 is 0. The van der Waals surface area contributed by atoms with Crippen molar-refractivity contribution in [3.05, 3.63) is 64.6 Å². The quantitative estimate of drug-likeness (QED) is 0.716. The summed E-state index contributed by atoms with van der Waals surface area (Å²) in [5, 5.41) is 12.4. The van der Waals surface area contributed by atoms with Gasteiger partial charge in [-0.05, 0) is 49.6 Å². The molecule has 0 saturated heterocycles. The van der Waals surface area contributed by atoms with Crippen molar-refractivity contribution in [1.82, 2.24) is 9.38 Å². The fraction of sp³-hybridized carbons (Fsp3) is 0.300. The number of nitrogens with one attached hydrogen (secondary N) is 1. The summed E-state index contributed by atoms with van der Waals surface area (Å²) in [7, 11) is 0. The molecule has 25 heavy (non-hydrogen) atoms. The summed E-state index contributed by atoms with van der Waals surface area (Å²) in [6.07, 6.45) is 2.50.